The summed E-state index contributed by atoms with van der Waals surface area (Å²) >= 11 is 0. The highest BCUT2D eigenvalue weighted by atomic mass is 16.5. The summed E-state index contributed by atoms with van der Waals surface area (Å²) in [5.74, 6) is 1.99. The molecule has 1 aliphatic carbocycles. The second-order valence-electron chi connectivity index (χ2n) is 7.99. The van der Waals surface area contributed by atoms with Crippen LogP contribution in [0.5, 0.6) is 5.88 Å². The first-order chi connectivity index (χ1) is 13.5. The standard InChI is InChI=1S/C21H33N5O2/c1-15(2)28-19-9-8-16(12-23-19)13-24-21(22-3)25-18-10-11-26(14-18)20(27)17-6-4-5-7-17/h8-9,12,15,17-18H,4-7,10-11,13-14H2,1-3H3,(H2,22,24,25). The number of likely N-dealkylation sites (tertiary alicyclic amines) is 1. The molecule has 2 heterocycles. The molecular weight excluding hydrogens is 354 g/mol. The van der Waals surface area contributed by atoms with Crippen molar-refractivity contribution in [2.24, 2.45) is 10.9 Å². The van der Waals surface area contributed by atoms with Crippen LogP contribution in [0.4, 0.5) is 0 Å². The van der Waals surface area contributed by atoms with Crippen molar-refractivity contribution in [3.8, 4) is 5.88 Å². The van der Waals surface area contributed by atoms with Gasteiger partial charge in [-0.2, -0.15) is 0 Å². The molecule has 0 aromatic carbocycles. The molecule has 154 valence electrons. The summed E-state index contributed by atoms with van der Waals surface area (Å²) in [4.78, 5) is 23.3. The maximum atomic E-state index is 12.6. The van der Waals surface area contributed by atoms with Gasteiger partial charge in [-0.05, 0) is 38.7 Å². The SMILES string of the molecule is CN=C(NCc1ccc(OC(C)C)nc1)NC1CCN(C(=O)C2CCCC2)C1. The highest BCUT2D eigenvalue weighted by Crippen LogP contribution is 2.27. The molecule has 1 amide bonds. The van der Waals surface area contributed by atoms with E-state index in [0.717, 1.165) is 43.9 Å². The lowest BCUT2D eigenvalue weighted by atomic mass is 10.1. The van der Waals surface area contributed by atoms with Crippen LogP contribution in [0.1, 0.15) is 51.5 Å². The van der Waals surface area contributed by atoms with Crippen molar-refractivity contribution >= 4 is 11.9 Å². The van der Waals surface area contributed by atoms with E-state index in [4.69, 9.17) is 4.74 Å². The third-order valence-corrected chi connectivity index (χ3v) is 5.38. The van der Waals surface area contributed by atoms with Crippen molar-refractivity contribution in [3.63, 3.8) is 0 Å². The lowest BCUT2D eigenvalue weighted by Gasteiger charge is -2.21. The molecule has 2 aliphatic rings. The van der Waals surface area contributed by atoms with Crippen molar-refractivity contribution in [2.75, 3.05) is 20.1 Å². The molecule has 1 atom stereocenters. The van der Waals surface area contributed by atoms with E-state index in [1.807, 2.05) is 37.1 Å². The van der Waals surface area contributed by atoms with Gasteiger partial charge in [0.2, 0.25) is 11.8 Å². The third-order valence-electron chi connectivity index (χ3n) is 5.38. The number of carbonyl (C=O) groups is 1. The Labute approximate surface area is 168 Å². The molecule has 7 nitrogen and oxygen atoms in total. The number of nitrogens with zero attached hydrogens (tertiary/aromatic N) is 3. The van der Waals surface area contributed by atoms with Crippen LogP contribution in [-0.2, 0) is 11.3 Å². The Morgan fingerprint density at radius 1 is 1.32 bits per heavy atom. The predicted octanol–water partition coefficient (Wildman–Crippen LogP) is 2.32. The summed E-state index contributed by atoms with van der Waals surface area (Å²) in [7, 11) is 1.77. The number of carbonyl (C=O) groups excluding carboxylic acids is 1. The first-order valence-corrected chi connectivity index (χ1v) is 10.4. The fourth-order valence-corrected chi connectivity index (χ4v) is 3.91. The number of guanidine groups is 1. The number of rotatable bonds is 6. The number of pyridine rings is 1. The van der Waals surface area contributed by atoms with E-state index in [1.165, 1.54) is 12.8 Å². The molecule has 2 fully saturated rings. The lowest BCUT2D eigenvalue weighted by molar-refractivity contribution is -0.134. The molecule has 1 saturated carbocycles. The summed E-state index contributed by atoms with van der Waals surface area (Å²) in [5.41, 5.74) is 1.06. The Morgan fingerprint density at radius 2 is 2.11 bits per heavy atom. The quantitative estimate of drug-likeness (QED) is 0.579. The van der Waals surface area contributed by atoms with Gasteiger partial charge in [0, 0.05) is 50.9 Å². The fraction of sp³-hybridized carbons (Fsp3) is 0.667. The Hall–Kier alpha value is -2.31. The average Bonchev–Trinajstić information content (AvgIpc) is 3.37. The summed E-state index contributed by atoms with van der Waals surface area (Å²) < 4.78 is 5.57. The average molecular weight is 388 g/mol. The smallest absolute Gasteiger partial charge is 0.225 e. The number of aromatic nitrogens is 1. The van der Waals surface area contributed by atoms with E-state index in [-0.39, 0.29) is 18.1 Å². The van der Waals surface area contributed by atoms with Gasteiger partial charge in [-0.3, -0.25) is 9.79 Å². The van der Waals surface area contributed by atoms with Crippen LogP contribution in [0.2, 0.25) is 0 Å². The Bertz CT molecular complexity index is 668. The number of aliphatic imine (C=N–C) groups is 1. The van der Waals surface area contributed by atoms with E-state index in [0.29, 0.717) is 18.3 Å². The number of hydrogen-bond donors (Lipinski definition) is 2. The number of nitrogens with one attached hydrogen (secondary N) is 2. The number of hydrogen-bond acceptors (Lipinski definition) is 4. The fourth-order valence-electron chi connectivity index (χ4n) is 3.91. The van der Waals surface area contributed by atoms with E-state index in [9.17, 15) is 4.79 Å². The maximum Gasteiger partial charge on any atom is 0.225 e. The Kier molecular flexibility index (Phi) is 7.12. The number of ether oxygens (including phenoxy) is 1. The van der Waals surface area contributed by atoms with Crippen LogP contribution in [-0.4, -0.2) is 54.0 Å². The van der Waals surface area contributed by atoms with Crippen LogP contribution in [0, 0.1) is 5.92 Å². The highest BCUT2D eigenvalue weighted by molar-refractivity contribution is 5.81. The molecule has 28 heavy (non-hydrogen) atoms. The molecule has 1 aliphatic heterocycles. The molecule has 1 aromatic heterocycles. The minimum absolute atomic E-state index is 0.117. The lowest BCUT2D eigenvalue weighted by Crippen LogP contribution is -2.45. The molecule has 7 heteroatoms. The van der Waals surface area contributed by atoms with Gasteiger partial charge < -0.3 is 20.3 Å². The summed E-state index contributed by atoms with van der Waals surface area (Å²) in [6.07, 6.45) is 7.41. The van der Waals surface area contributed by atoms with Crippen molar-refractivity contribution in [1.82, 2.24) is 20.5 Å². The molecule has 0 bridgehead atoms. The van der Waals surface area contributed by atoms with E-state index in [1.54, 1.807) is 7.05 Å². The largest absolute Gasteiger partial charge is 0.475 e. The van der Waals surface area contributed by atoms with Crippen molar-refractivity contribution < 1.29 is 9.53 Å². The second-order valence-corrected chi connectivity index (χ2v) is 7.99. The Balaban J connectivity index is 1.44. The normalized spacial score (nSPS) is 20.6. The molecule has 1 saturated heterocycles. The predicted molar refractivity (Wildman–Crippen MR) is 110 cm³/mol. The van der Waals surface area contributed by atoms with E-state index >= 15 is 0 Å². The summed E-state index contributed by atoms with van der Waals surface area (Å²) in [6.45, 7) is 6.20. The van der Waals surface area contributed by atoms with Crippen LogP contribution >= 0.6 is 0 Å². The van der Waals surface area contributed by atoms with E-state index < -0.39 is 0 Å². The van der Waals surface area contributed by atoms with Crippen molar-refractivity contribution in [1.29, 1.82) is 0 Å². The van der Waals surface area contributed by atoms with Gasteiger partial charge in [-0.1, -0.05) is 18.9 Å². The zero-order chi connectivity index (χ0) is 19.9. The van der Waals surface area contributed by atoms with Gasteiger partial charge in [-0.15, -0.1) is 0 Å². The van der Waals surface area contributed by atoms with Crippen LogP contribution in [0.15, 0.2) is 23.3 Å². The molecule has 3 rings (SSSR count). The summed E-state index contributed by atoms with van der Waals surface area (Å²) in [5, 5.41) is 6.78. The third kappa shape index (κ3) is 5.59. The topological polar surface area (TPSA) is 78.9 Å². The molecule has 1 aromatic rings. The van der Waals surface area contributed by atoms with Gasteiger partial charge in [0.05, 0.1) is 6.10 Å². The first-order valence-electron chi connectivity index (χ1n) is 10.4. The van der Waals surface area contributed by atoms with Crippen LogP contribution in [0.3, 0.4) is 0 Å². The van der Waals surface area contributed by atoms with E-state index in [2.05, 4.69) is 20.6 Å². The van der Waals surface area contributed by atoms with Gasteiger partial charge in [0.25, 0.3) is 0 Å². The molecule has 1 unspecified atom stereocenters. The van der Waals surface area contributed by atoms with Crippen molar-refractivity contribution in [3.05, 3.63) is 23.9 Å². The Morgan fingerprint density at radius 3 is 2.75 bits per heavy atom. The molecule has 0 radical (unpaired) electrons. The van der Waals surface area contributed by atoms with Gasteiger partial charge in [-0.25, -0.2) is 4.98 Å². The second kappa shape index (κ2) is 9.75. The van der Waals surface area contributed by atoms with Crippen LogP contribution < -0.4 is 15.4 Å². The zero-order valence-corrected chi connectivity index (χ0v) is 17.3. The monoisotopic (exact) mass is 387 g/mol. The highest BCUT2D eigenvalue weighted by Gasteiger charge is 2.32. The zero-order valence-electron chi connectivity index (χ0n) is 17.3. The van der Waals surface area contributed by atoms with Crippen LogP contribution in [0.25, 0.3) is 0 Å². The minimum atomic E-state index is 0.117. The maximum absolute atomic E-state index is 12.6. The van der Waals surface area contributed by atoms with Crippen molar-refractivity contribution in [2.45, 2.75) is 64.6 Å². The van der Waals surface area contributed by atoms with Gasteiger partial charge >= 0.3 is 0 Å². The minimum Gasteiger partial charge on any atom is -0.475 e. The summed E-state index contributed by atoms with van der Waals surface area (Å²) in [6, 6.07) is 4.13. The molecule has 0 spiro atoms. The molecular formula is C21H33N5O2. The molecule has 2 N–H and O–H groups in total. The van der Waals surface area contributed by atoms with Gasteiger partial charge in [0.15, 0.2) is 5.96 Å². The number of amides is 1. The first kappa shape index (κ1) is 20.4. The van der Waals surface area contributed by atoms with Gasteiger partial charge in [0.1, 0.15) is 0 Å².